The minimum atomic E-state index is -0.111. The van der Waals surface area contributed by atoms with Gasteiger partial charge in [0.25, 0.3) is 0 Å². The van der Waals surface area contributed by atoms with E-state index in [1.54, 1.807) is 6.07 Å². The van der Waals surface area contributed by atoms with Crippen molar-refractivity contribution in [2.24, 2.45) is 0 Å². The van der Waals surface area contributed by atoms with E-state index >= 15 is 0 Å². The Morgan fingerprint density at radius 3 is 2.91 bits per heavy atom. The second-order valence-corrected chi connectivity index (χ2v) is 3.41. The molecule has 0 N–H and O–H groups in total. The average molecular weight is 164 g/mol. The minimum Gasteiger partial charge on any atom is -0.205 e. The van der Waals surface area contributed by atoms with Crippen LogP contribution in [-0.2, 0) is 0 Å². The first-order chi connectivity index (χ1) is 5.29. The minimum absolute atomic E-state index is 0.111. The summed E-state index contributed by atoms with van der Waals surface area (Å²) in [6.07, 6.45) is 0. The molecule has 0 aliphatic rings. The summed E-state index contributed by atoms with van der Waals surface area (Å²) < 4.78 is 13.8. The molecule has 1 aromatic heterocycles. The van der Waals surface area contributed by atoms with Crippen molar-refractivity contribution >= 4 is 34.7 Å². The van der Waals surface area contributed by atoms with Gasteiger partial charge in [-0.2, -0.15) is 0 Å². The zero-order valence-corrected chi connectivity index (χ0v) is 6.91. The first kappa shape index (κ1) is 6.86. The van der Waals surface area contributed by atoms with Crippen LogP contribution in [-0.4, -0.2) is 7.85 Å². The lowest BCUT2D eigenvalue weighted by atomic mass is 9.96. The maximum atomic E-state index is 13.0. The van der Waals surface area contributed by atoms with Gasteiger partial charge in [-0.25, -0.2) is 4.39 Å². The Hall–Kier alpha value is -0.825. The number of fused-ring (bicyclic) bond motifs is 1. The summed E-state index contributed by atoms with van der Waals surface area (Å²) in [4.78, 5) is 0. The van der Waals surface area contributed by atoms with Gasteiger partial charge in [-0.05, 0) is 16.8 Å². The number of benzene rings is 1. The molecule has 0 amide bonds. The third-order valence-corrected chi connectivity index (χ3v) is 2.87. The molecule has 0 saturated heterocycles. The molecular formula is C8H6BFS. The molecule has 0 radical (unpaired) electrons. The molecule has 2 rings (SSSR count). The van der Waals surface area contributed by atoms with Crippen LogP contribution in [0.1, 0.15) is 0 Å². The van der Waals surface area contributed by atoms with E-state index in [1.807, 2.05) is 19.3 Å². The van der Waals surface area contributed by atoms with Gasteiger partial charge >= 0.3 is 0 Å². The van der Waals surface area contributed by atoms with Crippen LogP contribution in [0.3, 0.4) is 0 Å². The Kier molecular flexibility index (Phi) is 1.46. The lowest BCUT2D eigenvalue weighted by Gasteiger charge is -1.90. The van der Waals surface area contributed by atoms with Crippen LogP contribution >= 0.6 is 11.3 Å². The first-order valence-corrected chi connectivity index (χ1v) is 4.29. The van der Waals surface area contributed by atoms with Crippen molar-refractivity contribution in [3.63, 3.8) is 0 Å². The van der Waals surface area contributed by atoms with Crippen LogP contribution in [0.5, 0.6) is 0 Å². The highest BCUT2D eigenvalue weighted by Gasteiger charge is 2.02. The zero-order chi connectivity index (χ0) is 7.84. The summed E-state index contributed by atoms with van der Waals surface area (Å²) in [5.41, 5.74) is 1.16. The SMILES string of the molecule is Bc1csc2c(F)cccc12. The normalized spacial score (nSPS) is 10.6. The van der Waals surface area contributed by atoms with E-state index in [4.69, 9.17) is 0 Å². The third kappa shape index (κ3) is 0.961. The highest BCUT2D eigenvalue weighted by atomic mass is 32.1. The standard InChI is InChI=1S/C8H6BFS/c9-6-4-11-8-5(6)2-1-3-7(8)10/h1-4H,9H2. The van der Waals surface area contributed by atoms with Gasteiger partial charge in [0.2, 0.25) is 0 Å². The largest absolute Gasteiger partial charge is 0.205 e. The lowest BCUT2D eigenvalue weighted by Crippen LogP contribution is -1.96. The molecule has 0 fully saturated rings. The molecule has 2 aromatic rings. The maximum Gasteiger partial charge on any atom is 0.141 e. The molecular weight excluding hydrogens is 158 g/mol. The number of thiophene rings is 1. The van der Waals surface area contributed by atoms with Crippen molar-refractivity contribution < 1.29 is 4.39 Å². The van der Waals surface area contributed by atoms with Gasteiger partial charge in [-0.3, -0.25) is 0 Å². The van der Waals surface area contributed by atoms with Crippen molar-refractivity contribution in [2.75, 3.05) is 0 Å². The van der Waals surface area contributed by atoms with Crippen LogP contribution in [0.15, 0.2) is 23.6 Å². The van der Waals surface area contributed by atoms with Gasteiger partial charge in [-0.1, -0.05) is 17.6 Å². The Morgan fingerprint density at radius 2 is 2.18 bits per heavy atom. The Labute approximate surface area is 69.1 Å². The molecule has 0 nitrogen and oxygen atoms in total. The highest BCUT2D eigenvalue weighted by Crippen LogP contribution is 2.20. The molecule has 0 aliphatic heterocycles. The number of hydrogen-bond donors (Lipinski definition) is 0. The fourth-order valence-electron chi connectivity index (χ4n) is 1.15. The summed E-state index contributed by atoms with van der Waals surface area (Å²) in [6.45, 7) is 0. The van der Waals surface area contributed by atoms with Crippen molar-refractivity contribution in [1.82, 2.24) is 0 Å². The van der Waals surface area contributed by atoms with E-state index in [2.05, 4.69) is 0 Å². The summed E-state index contributed by atoms with van der Waals surface area (Å²) in [6, 6.07) is 5.19. The van der Waals surface area contributed by atoms with E-state index in [9.17, 15) is 4.39 Å². The van der Waals surface area contributed by atoms with E-state index in [0.717, 1.165) is 15.5 Å². The van der Waals surface area contributed by atoms with Crippen molar-refractivity contribution in [1.29, 1.82) is 0 Å². The van der Waals surface area contributed by atoms with Crippen molar-refractivity contribution in [2.45, 2.75) is 0 Å². The molecule has 54 valence electrons. The average Bonchev–Trinajstić information content (AvgIpc) is 2.35. The van der Waals surface area contributed by atoms with Crippen LogP contribution in [0, 0.1) is 5.82 Å². The number of hydrogen-bond acceptors (Lipinski definition) is 1. The number of rotatable bonds is 0. The Balaban J connectivity index is 2.94. The fourth-order valence-corrected chi connectivity index (χ4v) is 2.11. The quantitative estimate of drug-likeness (QED) is 0.514. The van der Waals surface area contributed by atoms with Crippen LogP contribution in [0.2, 0.25) is 0 Å². The first-order valence-electron chi connectivity index (χ1n) is 3.41. The smallest absolute Gasteiger partial charge is 0.141 e. The summed E-state index contributed by atoms with van der Waals surface area (Å²) in [5, 5.41) is 3.02. The topological polar surface area (TPSA) is 0 Å². The molecule has 0 unspecified atom stereocenters. The van der Waals surface area contributed by atoms with Gasteiger partial charge in [0.05, 0.1) is 4.70 Å². The van der Waals surface area contributed by atoms with Gasteiger partial charge in [-0.15, -0.1) is 11.3 Å². The molecule has 0 saturated carbocycles. The summed E-state index contributed by atoms with van der Waals surface area (Å²) >= 11 is 1.47. The summed E-state index contributed by atoms with van der Waals surface area (Å²) in [7, 11) is 2.00. The third-order valence-electron chi connectivity index (χ3n) is 1.75. The van der Waals surface area contributed by atoms with Gasteiger partial charge < -0.3 is 0 Å². The highest BCUT2D eigenvalue weighted by molar-refractivity contribution is 7.18. The lowest BCUT2D eigenvalue weighted by molar-refractivity contribution is 0.642. The van der Waals surface area contributed by atoms with E-state index < -0.39 is 0 Å². The van der Waals surface area contributed by atoms with Crippen LogP contribution < -0.4 is 5.46 Å². The predicted octanol–water partition coefficient (Wildman–Crippen LogP) is 1.30. The van der Waals surface area contributed by atoms with Crippen molar-refractivity contribution in [3.05, 3.63) is 29.4 Å². The molecule has 1 aromatic carbocycles. The van der Waals surface area contributed by atoms with Gasteiger partial charge in [0.1, 0.15) is 13.7 Å². The maximum absolute atomic E-state index is 13.0. The van der Waals surface area contributed by atoms with Gasteiger partial charge in [0.15, 0.2) is 0 Å². The molecule has 0 spiro atoms. The fraction of sp³-hybridized carbons (Fsp3) is 0. The predicted molar refractivity (Wildman–Crippen MR) is 50.0 cm³/mol. The molecule has 11 heavy (non-hydrogen) atoms. The van der Waals surface area contributed by atoms with E-state index in [0.29, 0.717) is 0 Å². The van der Waals surface area contributed by atoms with E-state index in [-0.39, 0.29) is 5.82 Å². The zero-order valence-electron chi connectivity index (χ0n) is 6.10. The summed E-state index contributed by atoms with van der Waals surface area (Å²) in [5.74, 6) is -0.111. The van der Waals surface area contributed by atoms with Crippen molar-refractivity contribution in [3.8, 4) is 0 Å². The monoisotopic (exact) mass is 164 g/mol. The number of halogens is 1. The second-order valence-electron chi connectivity index (χ2n) is 2.54. The van der Waals surface area contributed by atoms with E-state index in [1.165, 1.54) is 17.4 Å². The molecule has 0 bridgehead atoms. The second kappa shape index (κ2) is 2.34. The molecule has 0 aliphatic carbocycles. The van der Waals surface area contributed by atoms with Crippen LogP contribution in [0.4, 0.5) is 4.39 Å². The molecule has 3 heteroatoms. The molecule has 1 heterocycles. The van der Waals surface area contributed by atoms with Gasteiger partial charge in [0, 0.05) is 0 Å². The van der Waals surface area contributed by atoms with Crippen LogP contribution in [0.25, 0.3) is 10.1 Å². The molecule has 0 atom stereocenters. The Morgan fingerprint density at radius 1 is 1.36 bits per heavy atom. The Bertz CT molecular complexity index is 394.